The average molecular weight is 272 g/mol. The van der Waals surface area contributed by atoms with E-state index in [2.05, 4.69) is 10.6 Å². The number of carbonyl (C=O) groups excluding carboxylic acids is 1. The summed E-state index contributed by atoms with van der Waals surface area (Å²) in [6.07, 6.45) is 1.92. The van der Waals surface area contributed by atoms with Crippen molar-refractivity contribution in [3.63, 3.8) is 0 Å². The monoisotopic (exact) mass is 272 g/mol. The number of aliphatic hydroxyl groups is 1. The highest BCUT2D eigenvalue weighted by Crippen LogP contribution is 2.37. The molecule has 19 heavy (non-hydrogen) atoms. The van der Waals surface area contributed by atoms with Crippen molar-refractivity contribution in [3.05, 3.63) is 0 Å². The van der Waals surface area contributed by atoms with Gasteiger partial charge in [0.25, 0.3) is 0 Å². The number of urea groups is 1. The molecule has 1 fully saturated rings. The zero-order chi connectivity index (χ0) is 14.7. The number of ether oxygens (including phenoxy) is 1. The van der Waals surface area contributed by atoms with Gasteiger partial charge in [0.15, 0.2) is 0 Å². The summed E-state index contributed by atoms with van der Waals surface area (Å²) < 4.78 is 5.92. The molecule has 1 rings (SSSR count). The van der Waals surface area contributed by atoms with Gasteiger partial charge in [-0.15, -0.1) is 0 Å². The molecule has 2 atom stereocenters. The van der Waals surface area contributed by atoms with Crippen molar-refractivity contribution >= 4 is 6.03 Å². The molecule has 1 aliphatic rings. The highest BCUT2D eigenvalue weighted by molar-refractivity contribution is 5.74. The number of carbonyl (C=O) groups is 1. The van der Waals surface area contributed by atoms with E-state index in [1.54, 1.807) is 0 Å². The van der Waals surface area contributed by atoms with Gasteiger partial charge in [0.2, 0.25) is 0 Å². The smallest absolute Gasteiger partial charge is 0.315 e. The number of hydrogen-bond acceptors (Lipinski definition) is 3. The molecule has 0 aromatic carbocycles. The fourth-order valence-corrected chi connectivity index (χ4v) is 2.64. The van der Waals surface area contributed by atoms with Crippen LogP contribution < -0.4 is 10.6 Å². The van der Waals surface area contributed by atoms with Gasteiger partial charge in [-0.2, -0.15) is 0 Å². The van der Waals surface area contributed by atoms with Crippen LogP contribution in [-0.2, 0) is 4.74 Å². The summed E-state index contributed by atoms with van der Waals surface area (Å²) in [7, 11) is 0. The quantitative estimate of drug-likeness (QED) is 0.714. The second kappa shape index (κ2) is 6.09. The summed E-state index contributed by atoms with van der Waals surface area (Å²) in [6, 6.07) is -0.264. The molecule has 0 radical (unpaired) electrons. The van der Waals surface area contributed by atoms with E-state index in [9.17, 15) is 9.90 Å². The molecule has 1 heterocycles. The summed E-state index contributed by atoms with van der Waals surface area (Å²) in [6.45, 7) is 10.3. The molecule has 0 bridgehead atoms. The fourth-order valence-electron chi connectivity index (χ4n) is 2.64. The van der Waals surface area contributed by atoms with Crippen LogP contribution in [0.3, 0.4) is 0 Å². The van der Waals surface area contributed by atoms with E-state index in [0.29, 0.717) is 6.42 Å². The number of rotatable bonds is 5. The Morgan fingerprint density at radius 2 is 2.05 bits per heavy atom. The Labute approximate surface area is 116 Å². The fraction of sp³-hybridized carbons (Fsp3) is 0.929. The molecule has 5 nitrogen and oxygen atoms in total. The first-order chi connectivity index (χ1) is 8.66. The predicted octanol–water partition coefficient (Wildman–Crippen LogP) is 1.79. The second-order valence-electron chi connectivity index (χ2n) is 6.52. The molecule has 0 spiro atoms. The summed E-state index contributed by atoms with van der Waals surface area (Å²) in [4.78, 5) is 11.8. The Bertz CT molecular complexity index is 316. The second-order valence-corrected chi connectivity index (χ2v) is 6.52. The van der Waals surface area contributed by atoms with Crippen molar-refractivity contribution in [2.75, 3.05) is 6.54 Å². The zero-order valence-electron chi connectivity index (χ0n) is 12.7. The van der Waals surface area contributed by atoms with E-state index < -0.39 is 6.10 Å². The molecule has 2 amide bonds. The van der Waals surface area contributed by atoms with Crippen LogP contribution in [0.5, 0.6) is 0 Å². The summed E-state index contributed by atoms with van der Waals surface area (Å²) in [5.74, 6) is 0. The predicted molar refractivity (Wildman–Crippen MR) is 75.1 cm³/mol. The largest absolute Gasteiger partial charge is 0.391 e. The van der Waals surface area contributed by atoms with Crippen LogP contribution in [0.15, 0.2) is 0 Å². The molecule has 1 aliphatic heterocycles. The molecule has 0 aromatic rings. The lowest BCUT2D eigenvalue weighted by Gasteiger charge is -2.27. The van der Waals surface area contributed by atoms with Crippen LogP contribution in [0.4, 0.5) is 4.79 Å². The maximum absolute atomic E-state index is 11.8. The molecular weight excluding hydrogens is 244 g/mol. The van der Waals surface area contributed by atoms with E-state index in [1.165, 1.54) is 0 Å². The Morgan fingerprint density at radius 1 is 1.42 bits per heavy atom. The molecule has 0 aromatic heterocycles. The van der Waals surface area contributed by atoms with Crippen molar-refractivity contribution in [2.45, 2.75) is 77.2 Å². The third-order valence-electron chi connectivity index (χ3n) is 3.50. The first-order valence-electron chi connectivity index (χ1n) is 7.09. The minimum atomic E-state index is -0.472. The van der Waals surface area contributed by atoms with Gasteiger partial charge in [0.1, 0.15) is 0 Å². The van der Waals surface area contributed by atoms with Crippen molar-refractivity contribution in [1.29, 1.82) is 0 Å². The van der Waals surface area contributed by atoms with Gasteiger partial charge in [-0.3, -0.25) is 0 Å². The van der Waals surface area contributed by atoms with E-state index in [1.807, 2.05) is 34.6 Å². The Balaban J connectivity index is 2.40. The highest BCUT2D eigenvalue weighted by Gasteiger charge is 2.46. The molecule has 0 aliphatic carbocycles. The van der Waals surface area contributed by atoms with E-state index >= 15 is 0 Å². The summed E-state index contributed by atoms with van der Waals surface area (Å²) in [5, 5.41) is 15.2. The minimum Gasteiger partial charge on any atom is -0.391 e. The SMILES string of the molecule is CCCC(O)CNC(=O)NC1CC(C)(C)OC1(C)C. The Kier molecular flexibility index (Phi) is 5.21. The molecule has 2 unspecified atom stereocenters. The van der Waals surface area contributed by atoms with Crippen LogP contribution in [0.25, 0.3) is 0 Å². The van der Waals surface area contributed by atoms with Gasteiger partial charge in [-0.25, -0.2) is 4.79 Å². The molecule has 0 saturated carbocycles. The van der Waals surface area contributed by atoms with Gasteiger partial charge in [0.05, 0.1) is 23.3 Å². The third-order valence-corrected chi connectivity index (χ3v) is 3.50. The maximum atomic E-state index is 11.8. The van der Waals surface area contributed by atoms with Gasteiger partial charge in [-0.05, 0) is 40.5 Å². The van der Waals surface area contributed by atoms with Crippen LogP contribution >= 0.6 is 0 Å². The van der Waals surface area contributed by atoms with Gasteiger partial charge < -0.3 is 20.5 Å². The number of hydrogen-bond donors (Lipinski definition) is 3. The van der Waals surface area contributed by atoms with E-state index in [4.69, 9.17) is 4.74 Å². The standard InChI is InChI=1S/C14H28N2O3/c1-6-7-10(17)9-15-12(18)16-11-8-13(2,3)19-14(11,4)5/h10-11,17H,6-9H2,1-5H3,(H2,15,16,18). The Hall–Kier alpha value is -0.810. The molecule has 5 heteroatoms. The normalized spacial score (nSPS) is 25.9. The molecular formula is C14H28N2O3. The summed E-state index contributed by atoms with van der Waals surface area (Å²) >= 11 is 0. The summed E-state index contributed by atoms with van der Waals surface area (Å²) in [5.41, 5.74) is -0.591. The van der Waals surface area contributed by atoms with Crippen LogP contribution in [0.2, 0.25) is 0 Å². The van der Waals surface area contributed by atoms with E-state index in [0.717, 1.165) is 12.8 Å². The molecule has 112 valence electrons. The van der Waals surface area contributed by atoms with Crippen molar-refractivity contribution in [2.24, 2.45) is 0 Å². The zero-order valence-corrected chi connectivity index (χ0v) is 12.7. The minimum absolute atomic E-state index is 0.0224. The first-order valence-corrected chi connectivity index (χ1v) is 7.09. The number of amides is 2. The first kappa shape index (κ1) is 16.2. The van der Waals surface area contributed by atoms with Crippen LogP contribution in [0.1, 0.15) is 53.9 Å². The maximum Gasteiger partial charge on any atom is 0.315 e. The number of aliphatic hydroxyl groups excluding tert-OH is 1. The van der Waals surface area contributed by atoms with Gasteiger partial charge in [-0.1, -0.05) is 13.3 Å². The lowest BCUT2D eigenvalue weighted by atomic mass is 9.95. The van der Waals surface area contributed by atoms with Crippen molar-refractivity contribution in [1.82, 2.24) is 10.6 Å². The topological polar surface area (TPSA) is 70.6 Å². The van der Waals surface area contributed by atoms with Gasteiger partial charge >= 0.3 is 6.03 Å². The van der Waals surface area contributed by atoms with E-state index in [-0.39, 0.29) is 29.8 Å². The number of nitrogens with one attached hydrogen (secondary N) is 2. The van der Waals surface area contributed by atoms with Crippen molar-refractivity contribution < 1.29 is 14.6 Å². The third kappa shape index (κ3) is 4.99. The molecule has 3 N–H and O–H groups in total. The lowest BCUT2D eigenvalue weighted by Crippen LogP contribution is -2.50. The van der Waals surface area contributed by atoms with Crippen LogP contribution in [0, 0.1) is 0 Å². The van der Waals surface area contributed by atoms with Crippen molar-refractivity contribution in [3.8, 4) is 0 Å². The van der Waals surface area contributed by atoms with Crippen LogP contribution in [-0.4, -0.2) is 41.0 Å². The highest BCUT2D eigenvalue weighted by atomic mass is 16.5. The van der Waals surface area contributed by atoms with Gasteiger partial charge in [0, 0.05) is 6.54 Å². The lowest BCUT2D eigenvalue weighted by molar-refractivity contribution is -0.0690. The Morgan fingerprint density at radius 3 is 2.53 bits per heavy atom. The average Bonchev–Trinajstić information content (AvgIpc) is 2.44. The molecule has 1 saturated heterocycles.